The van der Waals surface area contributed by atoms with Gasteiger partial charge in [0.2, 0.25) is 0 Å². The molecule has 0 radical (unpaired) electrons. The molecule has 4 aliphatic carbocycles. The van der Waals surface area contributed by atoms with Crippen LogP contribution in [-0.4, -0.2) is 5.78 Å². The van der Waals surface area contributed by atoms with Gasteiger partial charge >= 0.3 is 0 Å². The van der Waals surface area contributed by atoms with E-state index >= 15 is 0 Å². The van der Waals surface area contributed by atoms with Gasteiger partial charge in [-0.3, -0.25) is 4.79 Å². The van der Waals surface area contributed by atoms with Gasteiger partial charge in [0.05, 0.1) is 0 Å². The highest BCUT2D eigenvalue weighted by molar-refractivity contribution is 6.32. The normalized spacial score (nSPS) is 44.1. The summed E-state index contributed by atoms with van der Waals surface area (Å²) in [5.74, 6) is 3.44. The quantitative estimate of drug-likeness (QED) is 0.454. The summed E-state index contributed by atoms with van der Waals surface area (Å²) in [5.41, 5.74) is 2.40. The predicted molar refractivity (Wildman–Crippen MR) is 116 cm³/mol. The minimum Gasteiger partial charge on any atom is -0.294 e. The van der Waals surface area contributed by atoms with Crippen molar-refractivity contribution in [1.29, 1.82) is 0 Å². The van der Waals surface area contributed by atoms with Crippen molar-refractivity contribution in [3.63, 3.8) is 0 Å². The van der Waals surface area contributed by atoms with Crippen molar-refractivity contribution in [2.24, 2.45) is 34.5 Å². The molecule has 4 fully saturated rings. The van der Waals surface area contributed by atoms with Gasteiger partial charge in [0.25, 0.3) is 0 Å². The molecule has 0 heterocycles. The van der Waals surface area contributed by atoms with Crippen LogP contribution in [0.2, 0.25) is 5.02 Å². The Hall–Kier alpha value is -1.08. The lowest BCUT2D eigenvalue weighted by atomic mass is 9.45. The summed E-state index contributed by atoms with van der Waals surface area (Å²) >= 11 is 6.39. The number of fused-ring (bicyclic) bond motifs is 5. The third-order valence-corrected chi connectivity index (χ3v) is 9.80. The predicted octanol–water partition coefficient (Wildman–Crippen LogP) is 7.34. The third-order valence-electron chi connectivity index (χ3n) is 9.46. The van der Waals surface area contributed by atoms with E-state index in [1.807, 2.05) is 24.3 Å². The fourth-order valence-corrected chi connectivity index (χ4v) is 8.06. The zero-order valence-electron chi connectivity index (χ0n) is 17.3. The highest BCUT2D eigenvalue weighted by atomic mass is 35.5. The number of halogens is 1. The Morgan fingerprint density at radius 2 is 1.82 bits per heavy atom. The fourth-order valence-electron chi connectivity index (χ4n) is 7.87. The van der Waals surface area contributed by atoms with E-state index in [0.717, 1.165) is 46.8 Å². The van der Waals surface area contributed by atoms with E-state index < -0.39 is 0 Å². The number of carbonyl (C=O) groups excluding carboxylic acids is 1. The number of rotatable bonds is 1. The lowest BCUT2D eigenvalue weighted by molar-refractivity contribution is -0.137. The van der Waals surface area contributed by atoms with Gasteiger partial charge in [-0.15, -0.1) is 0 Å². The van der Waals surface area contributed by atoms with Crippen LogP contribution >= 0.6 is 11.6 Å². The largest absolute Gasteiger partial charge is 0.294 e. The topological polar surface area (TPSA) is 17.1 Å². The van der Waals surface area contributed by atoms with Gasteiger partial charge in [-0.05, 0) is 97.3 Å². The summed E-state index contributed by atoms with van der Waals surface area (Å²) in [6.07, 6.45) is 13.8. The van der Waals surface area contributed by atoms with E-state index in [-0.39, 0.29) is 5.41 Å². The molecule has 28 heavy (non-hydrogen) atoms. The second-order valence-corrected chi connectivity index (χ2v) is 11.0. The summed E-state index contributed by atoms with van der Waals surface area (Å²) in [6, 6.07) is 7.91. The van der Waals surface area contributed by atoms with Gasteiger partial charge in [-0.2, -0.15) is 0 Å². The van der Waals surface area contributed by atoms with Crippen molar-refractivity contribution in [3.8, 4) is 0 Å². The smallest absolute Gasteiger partial charge is 0.165 e. The van der Waals surface area contributed by atoms with Gasteiger partial charge in [-0.25, -0.2) is 0 Å². The van der Waals surface area contributed by atoms with Crippen LogP contribution in [0.1, 0.15) is 77.2 Å². The van der Waals surface area contributed by atoms with Crippen molar-refractivity contribution in [2.75, 3.05) is 0 Å². The molecule has 0 N–H and O–H groups in total. The summed E-state index contributed by atoms with van der Waals surface area (Å²) in [7, 11) is 0. The minimum absolute atomic E-state index is 0.147. The second kappa shape index (κ2) is 6.73. The highest BCUT2D eigenvalue weighted by Crippen LogP contribution is 2.66. The third kappa shape index (κ3) is 2.68. The monoisotopic (exact) mass is 396 g/mol. The molecular weight excluding hydrogens is 364 g/mol. The van der Waals surface area contributed by atoms with E-state index in [9.17, 15) is 4.79 Å². The van der Waals surface area contributed by atoms with Crippen LogP contribution < -0.4 is 0 Å². The van der Waals surface area contributed by atoms with Crippen molar-refractivity contribution in [1.82, 2.24) is 0 Å². The molecule has 6 atom stereocenters. The molecule has 1 aromatic carbocycles. The number of carbonyl (C=O) groups is 1. The first-order valence-electron chi connectivity index (χ1n) is 11.4. The van der Waals surface area contributed by atoms with E-state index in [2.05, 4.69) is 19.9 Å². The Morgan fingerprint density at radius 1 is 1.00 bits per heavy atom. The maximum Gasteiger partial charge on any atom is 0.165 e. The van der Waals surface area contributed by atoms with Gasteiger partial charge < -0.3 is 0 Å². The maximum absolute atomic E-state index is 13.5. The number of hydrogen-bond acceptors (Lipinski definition) is 1. The standard InChI is InChI=1S/C26H33ClO/c1-25-13-6-5-8-19(25)10-11-20-21(25)12-14-26(2)22(20)16-18(24(26)28)15-17-7-3-4-9-23(17)27/h3-4,7,9,15,19-22H,5-6,8,10-14,16H2,1-2H3/b18-15+/t19-,20?,21?,22?,25+,26+/m1/s1. The first-order valence-corrected chi connectivity index (χ1v) is 11.8. The van der Waals surface area contributed by atoms with Crippen molar-refractivity contribution in [3.05, 3.63) is 40.4 Å². The molecule has 0 aromatic heterocycles. The van der Waals surface area contributed by atoms with Crippen LogP contribution in [0.4, 0.5) is 0 Å². The molecule has 150 valence electrons. The number of Topliss-reactive ketones (excluding diaryl/α,β-unsaturated/α-hetero) is 1. The van der Waals surface area contributed by atoms with E-state index in [0.29, 0.717) is 17.1 Å². The summed E-state index contributed by atoms with van der Waals surface area (Å²) in [5, 5.41) is 0.746. The Labute approximate surface area is 174 Å². The van der Waals surface area contributed by atoms with Gasteiger partial charge in [-0.1, -0.05) is 56.5 Å². The maximum atomic E-state index is 13.5. The van der Waals surface area contributed by atoms with E-state index in [1.54, 1.807) is 0 Å². The lowest BCUT2D eigenvalue weighted by Gasteiger charge is -2.59. The number of ketones is 1. The summed E-state index contributed by atoms with van der Waals surface area (Å²) in [4.78, 5) is 13.5. The average Bonchev–Trinajstić information content (AvgIpc) is 2.94. The van der Waals surface area contributed by atoms with Crippen LogP contribution in [0.3, 0.4) is 0 Å². The van der Waals surface area contributed by atoms with Crippen molar-refractivity contribution < 1.29 is 4.79 Å². The first-order chi connectivity index (χ1) is 13.4. The van der Waals surface area contributed by atoms with Crippen LogP contribution in [-0.2, 0) is 4.79 Å². The number of benzene rings is 1. The Morgan fingerprint density at radius 3 is 2.64 bits per heavy atom. The molecule has 0 amide bonds. The zero-order valence-corrected chi connectivity index (χ0v) is 18.1. The molecule has 4 saturated carbocycles. The van der Waals surface area contributed by atoms with Gasteiger partial charge in [0.15, 0.2) is 5.78 Å². The molecule has 4 aliphatic rings. The molecule has 3 unspecified atom stereocenters. The molecule has 0 aliphatic heterocycles. The lowest BCUT2D eigenvalue weighted by Crippen LogP contribution is -2.52. The molecule has 0 bridgehead atoms. The molecule has 5 rings (SSSR count). The van der Waals surface area contributed by atoms with Crippen LogP contribution in [0.5, 0.6) is 0 Å². The van der Waals surface area contributed by atoms with E-state index in [1.165, 1.54) is 44.9 Å². The van der Waals surface area contributed by atoms with Crippen LogP contribution in [0.15, 0.2) is 29.8 Å². The Bertz CT molecular complexity index is 825. The molecule has 2 heteroatoms. The van der Waals surface area contributed by atoms with E-state index in [4.69, 9.17) is 11.6 Å². The highest BCUT2D eigenvalue weighted by Gasteiger charge is 2.60. The molecule has 1 nitrogen and oxygen atoms in total. The number of allylic oxidation sites excluding steroid dienone is 1. The molecule has 0 saturated heterocycles. The van der Waals surface area contributed by atoms with Crippen LogP contribution in [0, 0.1) is 34.5 Å². The van der Waals surface area contributed by atoms with Gasteiger partial charge in [0, 0.05) is 10.4 Å². The molecule has 0 spiro atoms. The van der Waals surface area contributed by atoms with Crippen molar-refractivity contribution >= 4 is 23.5 Å². The molecular formula is C26H33ClO. The fraction of sp³-hybridized carbons (Fsp3) is 0.654. The summed E-state index contributed by atoms with van der Waals surface area (Å²) in [6.45, 7) is 4.88. The van der Waals surface area contributed by atoms with Crippen molar-refractivity contribution in [2.45, 2.75) is 71.6 Å². The zero-order chi connectivity index (χ0) is 19.5. The second-order valence-electron chi connectivity index (χ2n) is 10.6. The minimum atomic E-state index is -0.147. The molecule has 1 aromatic rings. The Kier molecular flexibility index (Phi) is 4.54. The first kappa shape index (κ1) is 18.9. The van der Waals surface area contributed by atoms with Gasteiger partial charge in [0.1, 0.15) is 0 Å². The summed E-state index contributed by atoms with van der Waals surface area (Å²) < 4.78 is 0. The Balaban J connectivity index is 1.48. The number of hydrogen-bond donors (Lipinski definition) is 0. The van der Waals surface area contributed by atoms with Crippen LogP contribution in [0.25, 0.3) is 6.08 Å². The SMILES string of the molecule is C[C@]12CCC3C(CC[C@H]4CCCC[C@]34C)C1C/C(=C\c1ccccc1Cl)C2=O. The average molecular weight is 397 g/mol.